The standard InChI is InChI=1S/C16H23NO/c1-12(2)13-6-8-14(9-7-13)16(17-3)15-5-4-10-18-11-15/h6-9,11-12,16-17H,4-5,10H2,1-3H3. The van der Waals surface area contributed by atoms with E-state index < -0.39 is 0 Å². The Labute approximate surface area is 110 Å². The van der Waals surface area contributed by atoms with Gasteiger partial charge < -0.3 is 10.1 Å². The van der Waals surface area contributed by atoms with Gasteiger partial charge >= 0.3 is 0 Å². The fraction of sp³-hybridized carbons (Fsp3) is 0.500. The maximum absolute atomic E-state index is 5.45. The van der Waals surface area contributed by atoms with Crippen LogP contribution in [0.1, 0.15) is 49.8 Å². The second kappa shape index (κ2) is 6.05. The topological polar surface area (TPSA) is 21.3 Å². The molecule has 1 atom stereocenters. The molecule has 0 spiro atoms. The Bertz CT molecular complexity index is 406. The number of likely N-dealkylation sites (N-methyl/N-ethyl adjacent to an activating group) is 1. The van der Waals surface area contributed by atoms with Gasteiger partial charge in [0.25, 0.3) is 0 Å². The normalized spacial score (nSPS) is 17.2. The Morgan fingerprint density at radius 1 is 1.11 bits per heavy atom. The number of nitrogens with one attached hydrogen (secondary N) is 1. The Morgan fingerprint density at radius 2 is 1.78 bits per heavy atom. The monoisotopic (exact) mass is 245 g/mol. The van der Waals surface area contributed by atoms with Gasteiger partial charge in [0.15, 0.2) is 0 Å². The zero-order chi connectivity index (χ0) is 13.0. The SMILES string of the molecule is CNC(C1=COCCC1)c1ccc(C(C)C)cc1. The van der Waals surface area contributed by atoms with Crippen molar-refractivity contribution >= 4 is 0 Å². The summed E-state index contributed by atoms with van der Waals surface area (Å²) >= 11 is 0. The van der Waals surface area contributed by atoms with E-state index in [4.69, 9.17) is 4.74 Å². The summed E-state index contributed by atoms with van der Waals surface area (Å²) in [4.78, 5) is 0. The summed E-state index contributed by atoms with van der Waals surface area (Å²) in [7, 11) is 2.01. The summed E-state index contributed by atoms with van der Waals surface area (Å²) in [5.41, 5.74) is 4.06. The fourth-order valence-electron chi connectivity index (χ4n) is 2.44. The van der Waals surface area contributed by atoms with Crippen LogP contribution in [0.15, 0.2) is 36.1 Å². The molecule has 98 valence electrons. The number of hydrogen-bond donors (Lipinski definition) is 1. The molecular weight excluding hydrogens is 222 g/mol. The van der Waals surface area contributed by atoms with Crippen LogP contribution in [0.2, 0.25) is 0 Å². The predicted molar refractivity (Wildman–Crippen MR) is 75.6 cm³/mol. The molecule has 0 bridgehead atoms. The third-order valence-corrected chi connectivity index (χ3v) is 3.56. The first-order valence-corrected chi connectivity index (χ1v) is 6.80. The quantitative estimate of drug-likeness (QED) is 0.872. The number of ether oxygens (including phenoxy) is 1. The van der Waals surface area contributed by atoms with Crippen LogP contribution in [0.3, 0.4) is 0 Å². The summed E-state index contributed by atoms with van der Waals surface area (Å²) in [6, 6.07) is 9.20. The molecule has 0 radical (unpaired) electrons. The molecule has 0 amide bonds. The largest absolute Gasteiger partial charge is 0.501 e. The highest BCUT2D eigenvalue weighted by Crippen LogP contribution is 2.28. The van der Waals surface area contributed by atoms with Gasteiger partial charge in [0.05, 0.1) is 18.9 Å². The van der Waals surface area contributed by atoms with Gasteiger partial charge in [-0.05, 0) is 42.5 Å². The maximum Gasteiger partial charge on any atom is 0.0876 e. The van der Waals surface area contributed by atoms with Gasteiger partial charge in [-0.2, -0.15) is 0 Å². The van der Waals surface area contributed by atoms with Crippen molar-refractivity contribution in [1.82, 2.24) is 5.32 Å². The lowest BCUT2D eigenvalue weighted by Gasteiger charge is -2.23. The molecule has 2 nitrogen and oxygen atoms in total. The molecule has 1 unspecified atom stereocenters. The molecule has 0 saturated carbocycles. The van der Waals surface area contributed by atoms with Crippen LogP contribution in [0.25, 0.3) is 0 Å². The summed E-state index contributed by atoms with van der Waals surface area (Å²) in [5.74, 6) is 0.587. The fourth-order valence-corrected chi connectivity index (χ4v) is 2.44. The van der Waals surface area contributed by atoms with E-state index in [1.54, 1.807) is 0 Å². The van der Waals surface area contributed by atoms with E-state index >= 15 is 0 Å². The summed E-state index contributed by atoms with van der Waals surface area (Å²) in [6.45, 7) is 5.30. The van der Waals surface area contributed by atoms with E-state index in [-0.39, 0.29) is 6.04 Å². The molecule has 1 aliphatic rings. The molecular formula is C16H23NO. The highest BCUT2D eigenvalue weighted by molar-refractivity contribution is 5.32. The average molecular weight is 245 g/mol. The molecule has 2 heteroatoms. The molecule has 0 aromatic heterocycles. The number of rotatable bonds is 4. The van der Waals surface area contributed by atoms with Crippen LogP contribution in [-0.4, -0.2) is 13.7 Å². The molecule has 0 saturated heterocycles. The average Bonchev–Trinajstić information content (AvgIpc) is 2.41. The second-order valence-corrected chi connectivity index (χ2v) is 5.21. The highest BCUT2D eigenvalue weighted by Gasteiger charge is 2.17. The molecule has 1 heterocycles. The van der Waals surface area contributed by atoms with Gasteiger partial charge in [0, 0.05) is 0 Å². The Hall–Kier alpha value is -1.28. The third kappa shape index (κ3) is 2.94. The van der Waals surface area contributed by atoms with Gasteiger partial charge in [0.1, 0.15) is 0 Å². The van der Waals surface area contributed by atoms with E-state index in [2.05, 4.69) is 43.4 Å². The molecule has 0 aliphatic carbocycles. The predicted octanol–water partition coefficient (Wildman–Crippen LogP) is 3.76. The Morgan fingerprint density at radius 3 is 2.28 bits per heavy atom. The zero-order valence-corrected chi connectivity index (χ0v) is 11.6. The van der Waals surface area contributed by atoms with Crippen molar-refractivity contribution in [2.75, 3.05) is 13.7 Å². The van der Waals surface area contributed by atoms with Crippen molar-refractivity contribution in [2.24, 2.45) is 0 Å². The maximum atomic E-state index is 5.45. The lowest BCUT2D eigenvalue weighted by molar-refractivity contribution is 0.220. The number of benzene rings is 1. The van der Waals surface area contributed by atoms with Crippen molar-refractivity contribution in [3.05, 3.63) is 47.2 Å². The molecule has 1 aliphatic heterocycles. The number of hydrogen-bond acceptors (Lipinski definition) is 2. The lowest BCUT2D eigenvalue weighted by atomic mass is 9.93. The minimum Gasteiger partial charge on any atom is -0.501 e. The molecule has 1 aromatic carbocycles. The van der Waals surface area contributed by atoms with E-state index in [9.17, 15) is 0 Å². The van der Waals surface area contributed by atoms with Crippen LogP contribution >= 0.6 is 0 Å². The van der Waals surface area contributed by atoms with Crippen molar-refractivity contribution in [3.63, 3.8) is 0 Å². The van der Waals surface area contributed by atoms with E-state index in [1.807, 2.05) is 13.3 Å². The van der Waals surface area contributed by atoms with E-state index in [0.717, 1.165) is 19.4 Å². The molecule has 1 aromatic rings. The Kier molecular flexibility index (Phi) is 4.43. The van der Waals surface area contributed by atoms with Crippen LogP contribution in [-0.2, 0) is 4.74 Å². The summed E-state index contributed by atoms with van der Waals surface area (Å²) in [5, 5.41) is 3.39. The van der Waals surface area contributed by atoms with Gasteiger partial charge in [-0.1, -0.05) is 38.1 Å². The van der Waals surface area contributed by atoms with Crippen molar-refractivity contribution in [2.45, 2.75) is 38.6 Å². The van der Waals surface area contributed by atoms with E-state index in [0.29, 0.717) is 5.92 Å². The minimum atomic E-state index is 0.284. The summed E-state index contributed by atoms with van der Waals surface area (Å²) in [6.07, 6.45) is 4.17. The van der Waals surface area contributed by atoms with E-state index in [1.165, 1.54) is 16.7 Å². The highest BCUT2D eigenvalue weighted by atomic mass is 16.5. The van der Waals surface area contributed by atoms with Crippen LogP contribution < -0.4 is 5.32 Å². The third-order valence-electron chi connectivity index (χ3n) is 3.56. The second-order valence-electron chi connectivity index (χ2n) is 5.21. The van der Waals surface area contributed by atoms with Crippen LogP contribution in [0.5, 0.6) is 0 Å². The first kappa shape index (κ1) is 13.2. The first-order valence-electron chi connectivity index (χ1n) is 6.80. The lowest BCUT2D eigenvalue weighted by Crippen LogP contribution is -2.20. The first-order chi connectivity index (χ1) is 8.72. The van der Waals surface area contributed by atoms with Gasteiger partial charge in [-0.15, -0.1) is 0 Å². The van der Waals surface area contributed by atoms with Crippen LogP contribution in [0.4, 0.5) is 0 Å². The smallest absolute Gasteiger partial charge is 0.0876 e. The van der Waals surface area contributed by atoms with Crippen molar-refractivity contribution in [3.8, 4) is 0 Å². The minimum absolute atomic E-state index is 0.284. The van der Waals surface area contributed by atoms with Crippen LogP contribution in [0, 0.1) is 0 Å². The summed E-state index contributed by atoms with van der Waals surface area (Å²) < 4.78 is 5.45. The van der Waals surface area contributed by atoms with Gasteiger partial charge in [-0.25, -0.2) is 0 Å². The molecule has 0 fully saturated rings. The molecule has 2 rings (SSSR count). The van der Waals surface area contributed by atoms with Crippen molar-refractivity contribution in [1.29, 1.82) is 0 Å². The Balaban J connectivity index is 2.19. The van der Waals surface area contributed by atoms with Crippen molar-refractivity contribution < 1.29 is 4.74 Å². The molecule has 1 N–H and O–H groups in total. The molecule has 18 heavy (non-hydrogen) atoms. The van der Waals surface area contributed by atoms with Gasteiger partial charge in [0.2, 0.25) is 0 Å². The van der Waals surface area contributed by atoms with Gasteiger partial charge in [-0.3, -0.25) is 0 Å². The zero-order valence-electron chi connectivity index (χ0n) is 11.6.